The molecule has 1 aliphatic heterocycles. The number of rotatable bonds is 4. The number of ether oxygens (including phenoxy) is 1. The van der Waals surface area contributed by atoms with Gasteiger partial charge in [-0.3, -0.25) is 14.5 Å². The highest BCUT2D eigenvalue weighted by atomic mass is 32.1. The van der Waals surface area contributed by atoms with Gasteiger partial charge in [-0.05, 0) is 19.1 Å². The number of anilines is 1. The Hall–Kier alpha value is -2.62. The fourth-order valence-electron chi connectivity index (χ4n) is 3.04. The maximum Gasteiger partial charge on any atom is 0.258 e. The Morgan fingerprint density at radius 3 is 3.11 bits per heavy atom. The molecular weight excluding hydrogens is 366 g/mol. The predicted octanol–water partition coefficient (Wildman–Crippen LogP) is 1.53. The highest BCUT2D eigenvalue weighted by molar-refractivity contribution is 7.14. The number of H-pyrrole nitrogens is 1. The second-order valence-corrected chi connectivity index (χ2v) is 7.24. The van der Waals surface area contributed by atoms with E-state index >= 15 is 0 Å². The van der Waals surface area contributed by atoms with E-state index < -0.39 is 6.10 Å². The minimum atomic E-state index is -0.576. The third-order valence-corrected chi connectivity index (χ3v) is 5.30. The summed E-state index contributed by atoms with van der Waals surface area (Å²) in [5.41, 5.74) is 3.00. The van der Waals surface area contributed by atoms with Crippen molar-refractivity contribution in [2.75, 3.05) is 25.0 Å². The maximum atomic E-state index is 12.5. The molecule has 1 amide bonds. The molecule has 9 heteroatoms. The van der Waals surface area contributed by atoms with Gasteiger partial charge in [-0.25, -0.2) is 9.97 Å². The first-order valence-electron chi connectivity index (χ1n) is 8.63. The lowest BCUT2D eigenvalue weighted by molar-refractivity contribution is -0.133. The van der Waals surface area contributed by atoms with Crippen LogP contribution in [0.4, 0.5) is 5.00 Å². The van der Waals surface area contributed by atoms with Crippen molar-refractivity contribution in [3.05, 3.63) is 51.6 Å². The van der Waals surface area contributed by atoms with Gasteiger partial charge in [0, 0.05) is 13.1 Å². The van der Waals surface area contributed by atoms with Gasteiger partial charge in [0.1, 0.15) is 16.9 Å². The van der Waals surface area contributed by atoms with Gasteiger partial charge >= 0.3 is 0 Å². The molecule has 0 bridgehead atoms. The number of para-hydroxylation sites is 1. The van der Waals surface area contributed by atoms with E-state index in [-0.39, 0.29) is 11.5 Å². The lowest BCUT2D eigenvalue weighted by Gasteiger charge is -2.31. The number of carbonyl (C=O) groups excluding carboxylic acids is 1. The van der Waals surface area contributed by atoms with Crippen molar-refractivity contribution in [3.8, 4) is 0 Å². The molecule has 1 aromatic carbocycles. The smallest absolute Gasteiger partial charge is 0.258 e. The zero-order valence-corrected chi connectivity index (χ0v) is 15.6. The number of amides is 1. The van der Waals surface area contributed by atoms with Crippen LogP contribution >= 0.6 is 11.3 Å². The zero-order chi connectivity index (χ0) is 18.8. The van der Waals surface area contributed by atoms with E-state index in [4.69, 9.17) is 4.74 Å². The van der Waals surface area contributed by atoms with Crippen molar-refractivity contribution in [1.29, 1.82) is 0 Å². The number of carbonyl (C=O) groups is 1. The first kappa shape index (κ1) is 17.8. The van der Waals surface area contributed by atoms with Gasteiger partial charge in [-0.2, -0.15) is 0 Å². The first-order valence-corrected chi connectivity index (χ1v) is 9.51. The summed E-state index contributed by atoms with van der Waals surface area (Å²) in [6.07, 6.45) is -0.576. The Bertz CT molecular complexity index is 1030. The van der Waals surface area contributed by atoms with Crippen LogP contribution in [-0.4, -0.2) is 51.6 Å². The number of hydrogen-bond acceptors (Lipinski definition) is 7. The van der Waals surface area contributed by atoms with Gasteiger partial charge in [0.25, 0.3) is 11.5 Å². The topological polar surface area (TPSA) is 100 Å². The molecule has 1 saturated heterocycles. The maximum absolute atomic E-state index is 12.5. The highest BCUT2D eigenvalue weighted by Crippen LogP contribution is 2.20. The van der Waals surface area contributed by atoms with Gasteiger partial charge in [0.15, 0.2) is 0 Å². The SMILES string of the molecule is Cc1ncsc1NC(=O)C1CN(Cc2nc3ccccc3c(=O)[nH]2)CCO1. The van der Waals surface area contributed by atoms with Gasteiger partial charge in [0.2, 0.25) is 0 Å². The molecule has 0 saturated carbocycles. The molecule has 2 N–H and O–H groups in total. The van der Waals surface area contributed by atoms with Crippen LogP contribution in [0.5, 0.6) is 0 Å². The Labute approximate surface area is 159 Å². The summed E-state index contributed by atoms with van der Waals surface area (Å²) in [5.74, 6) is 0.394. The molecule has 1 fully saturated rings. The number of aromatic nitrogens is 3. The van der Waals surface area contributed by atoms with Gasteiger partial charge in [-0.15, -0.1) is 11.3 Å². The van der Waals surface area contributed by atoms with Crippen LogP contribution in [0, 0.1) is 6.92 Å². The standard InChI is InChI=1S/C18H19N5O3S/c1-11-18(27-10-19-11)22-17(25)14-8-23(6-7-26-14)9-15-20-13-5-3-2-4-12(13)16(24)21-15/h2-5,10,14H,6-9H2,1H3,(H,22,25)(H,20,21,24). The second kappa shape index (κ2) is 7.55. The normalized spacial score (nSPS) is 17.9. The van der Waals surface area contributed by atoms with Crippen LogP contribution in [-0.2, 0) is 16.1 Å². The highest BCUT2D eigenvalue weighted by Gasteiger charge is 2.27. The first-order chi connectivity index (χ1) is 13.1. The summed E-state index contributed by atoms with van der Waals surface area (Å²) in [6, 6.07) is 7.24. The molecule has 140 valence electrons. The van der Waals surface area contributed by atoms with Crippen LogP contribution < -0.4 is 10.9 Å². The van der Waals surface area contributed by atoms with Crippen LogP contribution in [0.25, 0.3) is 10.9 Å². The fourth-order valence-corrected chi connectivity index (χ4v) is 3.74. The van der Waals surface area contributed by atoms with Gasteiger partial charge in [0.05, 0.1) is 35.3 Å². The lowest BCUT2D eigenvalue weighted by atomic mass is 10.2. The summed E-state index contributed by atoms with van der Waals surface area (Å²) in [5, 5.41) is 4.18. The Balaban J connectivity index is 1.45. The Kier molecular flexibility index (Phi) is 4.97. The molecule has 0 aliphatic carbocycles. The predicted molar refractivity (Wildman–Crippen MR) is 103 cm³/mol. The van der Waals surface area contributed by atoms with E-state index in [0.717, 1.165) is 10.7 Å². The number of nitrogens with zero attached hydrogens (tertiary/aromatic N) is 3. The summed E-state index contributed by atoms with van der Waals surface area (Å²) in [7, 11) is 0. The van der Waals surface area contributed by atoms with Crippen LogP contribution in [0.15, 0.2) is 34.6 Å². The van der Waals surface area contributed by atoms with Crippen LogP contribution in [0.1, 0.15) is 11.5 Å². The number of nitrogens with one attached hydrogen (secondary N) is 2. The Morgan fingerprint density at radius 2 is 2.30 bits per heavy atom. The van der Waals surface area contributed by atoms with E-state index in [1.54, 1.807) is 11.6 Å². The molecule has 0 radical (unpaired) electrons. The molecule has 27 heavy (non-hydrogen) atoms. The van der Waals surface area contributed by atoms with Crippen molar-refractivity contribution in [1.82, 2.24) is 19.9 Å². The number of hydrogen-bond donors (Lipinski definition) is 2. The molecule has 1 aliphatic rings. The van der Waals surface area contributed by atoms with Gasteiger partial charge in [-0.1, -0.05) is 12.1 Å². The summed E-state index contributed by atoms with van der Waals surface area (Å²) < 4.78 is 5.63. The molecular formula is C18H19N5O3S. The van der Waals surface area contributed by atoms with Crippen molar-refractivity contribution in [2.45, 2.75) is 19.6 Å². The van der Waals surface area contributed by atoms with Crippen LogP contribution in [0.3, 0.4) is 0 Å². The average Bonchev–Trinajstić information content (AvgIpc) is 3.06. The Morgan fingerprint density at radius 1 is 1.44 bits per heavy atom. The molecule has 1 atom stereocenters. The van der Waals surface area contributed by atoms with Crippen molar-refractivity contribution < 1.29 is 9.53 Å². The van der Waals surface area contributed by atoms with E-state index in [0.29, 0.717) is 43.0 Å². The third-order valence-electron chi connectivity index (χ3n) is 4.46. The number of aromatic amines is 1. The number of thiazole rings is 1. The zero-order valence-electron chi connectivity index (χ0n) is 14.8. The number of benzene rings is 1. The average molecular weight is 385 g/mol. The van der Waals surface area contributed by atoms with Crippen molar-refractivity contribution in [3.63, 3.8) is 0 Å². The quantitative estimate of drug-likeness (QED) is 0.706. The van der Waals surface area contributed by atoms with E-state index in [9.17, 15) is 9.59 Å². The molecule has 2 aromatic heterocycles. The van der Waals surface area contributed by atoms with E-state index in [2.05, 4.69) is 25.2 Å². The van der Waals surface area contributed by atoms with E-state index in [1.165, 1.54) is 11.3 Å². The molecule has 4 rings (SSSR count). The number of fused-ring (bicyclic) bond motifs is 1. The minimum Gasteiger partial charge on any atom is -0.366 e. The third kappa shape index (κ3) is 3.90. The van der Waals surface area contributed by atoms with Gasteiger partial charge < -0.3 is 15.0 Å². The number of aryl methyl sites for hydroxylation is 1. The van der Waals surface area contributed by atoms with E-state index in [1.807, 2.05) is 25.1 Å². The second-order valence-electron chi connectivity index (χ2n) is 6.38. The summed E-state index contributed by atoms with van der Waals surface area (Å²) >= 11 is 1.39. The molecule has 0 spiro atoms. The summed E-state index contributed by atoms with van der Waals surface area (Å²) in [6.45, 7) is 3.84. The monoisotopic (exact) mass is 385 g/mol. The summed E-state index contributed by atoms with van der Waals surface area (Å²) in [4.78, 5) is 38.2. The fraction of sp³-hybridized carbons (Fsp3) is 0.333. The largest absolute Gasteiger partial charge is 0.366 e. The molecule has 1 unspecified atom stereocenters. The van der Waals surface area contributed by atoms with Crippen molar-refractivity contribution in [2.24, 2.45) is 0 Å². The molecule has 8 nitrogen and oxygen atoms in total. The molecule has 3 aromatic rings. The number of morpholine rings is 1. The molecule has 3 heterocycles. The minimum absolute atomic E-state index is 0.154. The van der Waals surface area contributed by atoms with Crippen LogP contribution in [0.2, 0.25) is 0 Å². The lowest BCUT2D eigenvalue weighted by Crippen LogP contribution is -2.47. The van der Waals surface area contributed by atoms with Crippen molar-refractivity contribution >= 4 is 33.1 Å².